The highest BCUT2D eigenvalue weighted by molar-refractivity contribution is 9.10. The fourth-order valence-electron chi connectivity index (χ4n) is 2.15. The fraction of sp³-hybridized carbons (Fsp3) is 0.333. The van der Waals surface area contributed by atoms with Gasteiger partial charge in [0.25, 0.3) is 0 Å². The van der Waals surface area contributed by atoms with Crippen molar-refractivity contribution in [1.29, 1.82) is 0 Å². The molecule has 0 spiro atoms. The van der Waals surface area contributed by atoms with Crippen LogP contribution >= 0.6 is 15.9 Å². The summed E-state index contributed by atoms with van der Waals surface area (Å²) in [4.78, 5) is 0. The van der Waals surface area contributed by atoms with Crippen LogP contribution in [0.1, 0.15) is 22.3 Å². The van der Waals surface area contributed by atoms with Crippen molar-refractivity contribution in [2.24, 2.45) is 0 Å². The number of hydrogen-bond donors (Lipinski definition) is 1. The van der Waals surface area contributed by atoms with Gasteiger partial charge >= 0.3 is 12.4 Å². The lowest BCUT2D eigenvalue weighted by Crippen LogP contribution is -2.13. The zero-order valence-electron chi connectivity index (χ0n) is 14.6. The first-order chi connectivity index (χ1) is 12.6. The molecule has 0 bridgehead atoms. The van der Waals surface area contributed by atoms with Crippen LogP contribution in [0.2, 0.25) is 0 Å². The molecule has 28 heavy (non-hydrogen) atoms. The van der Waals surface area contributed by atoms with Crippen LogP contribution < -0.4 is 0 Å². The summed E-state index contributed by atoms with van der Waals surface area (Å²) in [6.45, 7) is 2.66. The van der Waals surface area contributed by atoms with Gasteiger partial charge in [0.2, 0.25) is 0 Å². The molecule has 0 fully saturated rings. The van der Waals surface area contributed by atoms with Crippen molar-refractivity contribution >= 4 is 15.9 Å². The van der Waals surface area contributed by atoms with Gasteiger partial charge in [0.05, 0.1) is 12.8 Å². The van der Waals surface area contributed by atoms with Gasteiger partial charge in [-0.15, -0.1) is 0 Å². The maximum absolute atomic E-state index is 13.3. The minimum absolute atomic E-state index is 0.160. The van der Waals surface area contributed by atoms with Crippen LogP contribution in [0.15, 0.2) is 28.7 Å². The molecule has 0 aliphatic carbocycles. The third-order valence-corrected chi connectivity index (χ3v) is 4.48. The van der Waals surface area contributed by atoms with Crippen molar-refractivity contribution in [3.8, 4) is 5.75 Å². The monoisotopic (exact) mass is 478 g/mol. The van der Waals surface area contributed by atoms with Crippen LogP contribution in [-0.4, -0.2) is 17.5 Å². The van der Waals surface area contributed by atoms with Gasteiger partial charge in [-0.05, 0) is 42.7 Å². The summed E-state index contributed by atoms with van der Waals surface area (Å²) in [5.41, 5.74) is -0.732. The second-order valence-electron chi connectivity index (χ2n) is 5.91. The average molecular weight is 479 g/mol. The van der Waals surface area contributed by atoms with E-state index < -0.39 is 42.4 Å². The molecular weight excluding hydrogens is 464 g/mol. The van der Waals surface area contributed by atoms with Crippen LogP contribution in [0.5, 0.6) is 5.75 Å². The Balaban J connectivity index is 0.000000280. The van der Waals surface area contributed by atoms with E-state index in [2.05, 4.69) is 15.9 Å². The number of alkyl halides is 6. The molecule has 156 valence electrons. The van der Waals surface area contributed by atoms with Crippen molar-refractivity contribution in [2.75, 3.05) is 0 Å². The highest BCUT2D eigenvalue weighted by Gasteiger charge is 2.30. The maximum Gasteiger partial charge on any atom is 0.393 e. The van der Waals surface area contributed by atoms with Gasteiger partial charge in [-0.3, -0.25) is 0 Å². The Morgan fingerprint density at radius 1 is 0.750 bits per heavy atom. The highest BCUT2D eigenvalue weighted by atomic mass is 79.9. The van der Waals surface area contributed by atoms with E-state index in [1.165, 1.54) is 19.9 Å². The Bertz CT molecular complexity index is 758. The molecule has 10 heteroatoms. The number of benzene rings is 2. The van der Waals surface area contributed by atoms with E-state index in [1.54, 1.807) is 0 Å². The molecule has 2 aromatic carbocycles. The van der Waals surface area contributed by atoms with E-state index in [1.807, 2.05) is 0 Å². The molecule has 0 saturated carbocycles. The first-order valence-electron chi connectivity index (χ1n) is 7.66. The molecule has 1 nitrogen and oxygen atoms in total. The fourth-order valence-corrected chi connectivity index (χ4v) is 2.46. The summed E-state index contributed by atoms with van der Waals surface area (Å²) in [7, 11) is 0. The second-order valence-corrected chi connectivity index (χ2v) is 6.77. The van der Waals surface area contributed by atoms with Gasteiger partial charge in [-0.25, -0.2) is 8.78 Å². The van der Waals surface area contributed by atoms with Crippen molar-refractivity contribution < 1.29 is 40.2 Å². The van der Waals surface area contributed by atoms with Gasteiger partial charge in [0, 0.05) is 10.0 Å². The molecule has 0 atom stereocenters. The quantitative estimate of drug-likeness (QED) is 0.463. The van der Waals surface area contributed by atoms with E-state index in [0.717, 1.165) is 18.2 Å². The maximum atomic E-state index is 13.3. The smallest absolute Gasteiger partial charge is 0.393 e. The van der Waals surface area contributed by atoms with Crippen molar-refractivity contribution in [2.45, 2.75) is 39.0 Å². The minimum Gasteiger partial charge on any atom is -0.508 e. The molecule has 0 unspecified atom stereocenters. The lowest BCUT2D eigenvalue weighted by Gasteiger charge is -2.09. The van der Waals surface area contributed by atoms with Gasteiger partial charge in [-0.2, -0.15) is 26.3 Å². The topological polar surface area (TPSA) is 20.2 Å². The minimum atomic E-state index is -4.44. The second kappa shape index (κ2) is 9.11. The van der Waals surface area contributed by atoms with E-state index in [0.29, 0.717) is 4.47 Å². The molecule has 0 aliphatic heterocycles. The molecule has 1 N–H and O–H groups in total. The SMILES string of the molecule is Cc1c(Br)ccc(CC(F)(F)F)c1F.Cc1c(O)ccc(CC(F)(F)F)c1F. The molecule has 0 aromatic heterocycles. The van der Waals surface area contributed by atoms with Crippen LogP contribution in [-0.2, 0) is 12.8 Å². The number of hydrogen-bond acceptors (Lipinski definition) is 1. The summed E-state index contributed by atoms with van der Waals surface area (Å²) in [5.74, 6) is -2.13. The summed E-state index contributed by atoms with van der Waals surface area (Å²) in [5, 5.41) is 9.00. The number of halogens is 9. The third-order valence-electron chi connectivity index (χ3n) is 3.62. The Morgan fingerprint density at radius 2 is 1.14 bits per heavy atom. The van der Waals surface area contributed by atoms with E-state index in [-0.39, 0.29) is 22.4 Å². The predicted octanol–water partition coefficient (Wildman–Crippen LogP) is 6.95. The third kappa shape index (κ3) is 7.29. The molecule has 0 saturated heterocycles. The average Bonchev–Trinajstić information content (AvgIpc) is 2.55. The molecule has 2 aromatic rings. The van der Waals surface area contributed by atoms with Crippen LogP contribution in [0.25, 0.3) is 0 Å². The Kier molecular flexibility index (Phi) is 7.87. The van der Waals surface area contributed by atoms with Crippen molar-refractivity contribution in [1.82, 2.24) is 0 Å². The first-order valence-corrected chi connectivity index (χ1v) is 8.45. The highest BCUT2D eigenvalue weighted by Crippen LogP contribution is 2.28. The summed E-state index contributed by atoms with van der Waals surface area (Å²) in [6.07, 6.45) is -11.4. The molecule has 0 heterocycles. The summed E-state index contributed by atoms with van der Waals surface area (Å²) < 4.78 is 98.6. The van der Waals surface area contributed by atoms with Gasteiger partial charge in [-0.1, -0.05) is 28.1 Å². The van der Waals surface area contributed by atoms with Gasteiger partial charge in [0.15, 0.2) is 0 Å². The number of aromatic hydroxyl groups is 1. The molecule has 0 aliphatic rings. The Hall–Kier alpha value is -1.84. The number of phenols is 1. The van der Waals surface area contributed by atoms with Crippen molar-refractivity contribution in [3.63, 3.8) is 0 Å². The van der Waals surface area contributed by atoms with Crippen LogP contribution in [0.4, 0.5) is 35.1 Å². The molecule has 2 rings (SSSR count). The Morgan fingerprint density at radius 3 is 1.57 bits per heavy atom. The van der Waals surface area contributed by atoms with Gasteiger partial charge < -0.3 is 5.11 Å². The summed E-state index contributed by atoms with van der Waals surface area (Å²) in [6, 6.07) is 4.55. The van der Waals surface area contributed by atoms with E-state index >= 15 is 0 Å². The van der Waals surface area contributed by atoms with Crippen LogP contribution in [0, 0.1) is 25.5 Å². The Labute approximate surface area is 164 Å². The predicted molar refractivity (Wildman–Crippen MR) is 91.2 cm³/mol. The zero-order chi connectivity index (χ0) is 21.9. The number of rotatable bonds is 2. The van der Waals surface area contributed by atoms with Crippen LogP contribution in [0.3, 0.4) is 0 Å². The van der Waals surface area contributed by atoms with E-state index in [4.69, 9.17) is 5.11 Å². The normalized spacial score (nSPS) is 11.8. The van der Waals surface area contributed by atoms with Crippen molar-refractivity contribution in [3.05, 3.63) is 62.6 Å². The molecular formula is C18H15BrF8O. The first kappa shape index (κ1) is 24.2. The molecule has 0 radical (unpaired) electrons. The zero-order valence-corrected chi connectivity index (χ0v) is 16.2. The largest absolute Gasteiger partial charge is 0.508 e. The lowest BCUT2D eigenvalue weighted by molar-refractivity contribution is -0.128. The standard InChI is InChI=1S/C9H7BrF4.C9H8F4O/c1-5-7(10)3-2-6(8(5)11)4-9(12,13)14;1-5-7(14)3-2-6(8(5)10)4-9(11,12)13/h2-3H,4H2,1H3;2-3,14H,4H2,1H3. The number of phenolic OH excluding ortho intramolecular Hbond substituents is 1. The van der Waals surface area contributed by atoms with E-state index in [9.17, 15) is 35.1 Å². The van der Waals surface area contributed by atoms with Gasteiger partial charge in [0.1, 0.15) is 17.4 Å². The lowest BCUT2D eigenvalue weighted by atomic mass is 10.1. The molecule has 0 amide bonds. The summed E-state index contributed by atoms with van der Waals surface area (Å²) >= 11 is 3.04.